The Hall–Kier alpha value is -1.70. The van der Waals surface area contributed by atoms with Crippen LogP contribution in [0.4, 0.5) is 10.1 Å². The van der Waals surface area contributed by atoms with E-state index in [0.29, 0.717) is 12.8 Å². The Bertz CT molecular complexity index is 494. The number of hydrogen-bond acceptors (Lipinski definition) is 4. The van der Waals surface area contributed by atoms with E-state index in [2.05, 4.69) is 15.9 Å². The number of benzene rings is 1. The molecule has 0 atom stereocenters. The zero-order valence-electron chi connectivity index (χ0n) is 9.77. The molecule has 104 valence electrons. The molecule has 0 amide bonds. The molecule has 8 heteroatoms. The van der Waals surface area contributed by atoms with Crippen molar-refractivity contribution in [3.8, 4) is 5.75 Å². The standard InChI is InChI=1S/C11H11BrFNO5/c12-8-5-7(13)6-9(14(17)18)11(8)19-4-2-1-3-10(15)16/h5-6H,1-4H2,(H,15,16). The first-order chi connectivity index (χ1) is 8.91. The van der Waals surface area contributed by atoms with Crippen LogP contribution < -0.4 is 4.74 Å². The summed E-state index contributed by atoms with van der Waals surface area (Å²) in [5.41, 5.74) is -0.467. The molecule has 0 bridgehead atoms. The Labute approximate surface area is 116 Å². The molecule has 0 radical (unpaired) electrons. The Morgan fingerprint density at radius 2 is 2.16 bits per heavy atom. The monoisotopic (exact) mass is 335 g/mol. The maximum atomic E-state index is 13.0. The van der Waals surface area contributed by atoms with Crippen molar-refractivity contribution in [2.45, 2.75) is 19.3 Å². The van der Waals surface area contributed by atoms with Gasteiger partial charge in [-0.3, -0.25) is 14.9 Å². The van der Waals surface area contributed by atoms with E-state index in [1.807, 2.05) is 0 Å². The van der Waals surface area contributed by atoms with Crippen molar-refractivity contribution in [1.29, 1.82) is 0 Å². The summed E-state index contributed by atoms with van der Waals surface area (Å²) < 4.78 is 18.4. The average Bonchev–Trinajstić information content (AvgIpc) is 2.29. The van der Waals surface area contributed by atoms with Crippen LogP contribution in [0, 0.1) is 15.9 Å². The van der Waals surface area contributed by atoms with Crippen LogP contribution in [0.25, 0.3) is 0 Å². The zero-order valence-corrected chi connectivity index (χ0v) is 11.4. The van der Waals surface area contributed by atoms with E-state index in [1.165, 1.54) is 0 Å². The van der Waals surface area contributed by atoms with Crippen LogP contribution in [0.1, 0.15) is 19.3 Å². The molecule has 1 aromatic carbocycles. The summed E-state index contributed by atoms with van der Waals surface area (Å²) in [6.07, 6.45) is 0.852. The number of carbonyl (C=O) groups is 1. The van der Waals surface area contributed by atoms with E-state index in [-0.39, 0.29) is 23.2 Å². The molecule has 0 saturated heterocycles. The van der Waals surface area contributed by atoms with Crippen molar-refractivity contribution in [3.05, 3.63) is 32.5 Å². The number of nitrogens with zero attached hydrogens (tertiary/aromatic N) is 1. The molecule has 6 nitrogen and oxygen atoms in total. The quantitative estimate of drug-likeness (QED) is 0.469. The van der Waals surface area contributed by atoms with Crippen molar-refractivity contribution in [3.63, 3.8) is 0 Å². The minimum Gasteiger partial charge on any atom is -0.486 e. The van der Waals surface area contributed by atoms with Gasteiger partial charge in [0.25, 0.3) is 0 Å². The first-order valence-corrected chi connectivity index (χ1v) is 6.19. The summed E-state index contributed by atoms with van der Waals surface area (Å²) in [5, 5.41) is 19.2. The molecule has 0 fully saturated rings. The van der Waals surface area contributed by atoms with Gasteiger partial charge in [0, 0.05) is 6.42 Å². The highest BCUT2D eigenvalue weighted by Gasteiger charge is 2.20. The Morgan fingerprint density at radius 3 is 2.74 bits per heavy atom. The van der Waals surface area contributed by atoms with Crippen LogP contribution in [-0.4, -0.2) is 22.6 Å². The molecule has 0 aliphatic rings. The minimum atomic E-state index is -0.908. The molecular formula is C11H11BrFNO5. The predicted molar refractivity (Wildman–Crippen MR) is 67.7 cm³/mol. The number of hydrogen-bond donors (Lipinski definition) is 1. The summed E-state index contributed by atoms with van der Waals surface area (Å²) in [4.78, 5) is 20.3. The topological polar surface area (TPSA) is 89.7 Å². The fourth-order valence-electron chi connectivity index (χ4n) is 1.38. The summed E-state index contributed by atoms with van der Waals surface area (Å²) >= 11 is 3.00. The number of carboxylic acids is 1. The van der Waals surface area contributed by atoms with Crippen LogP contribution in [0.3, 0.4) is 0 Å². The highest BCUT2D eigenvalue weighted by atomic mass is 79.9. The molecule has 1 rings (SSSR count). The van der Waals surface area contributed by atoms with Gasteiger partial charge in [-0.1, -0.05) is 0 Å². The Morgan fingerprint density at radius 1 is 1.47 bits per heavy atom. The second-order valence-corrected chi connectivity index (χ2v) is 4.55. The fraction of sp³-hybridized carbons (Fsp3) is 0.364. The molecule has 0 unspecified atom stereocenters. The van der Waals surface area contributed by atoms with Gasteiger partial charge >= 0.3 is 11.7 Å². The van der Waals surface area contributed by atoms with Crippen LogP contribution >= 0.6 is 15.9 Å². The van der Waals surface area contributed by atoms with Crippen LogP contribution in [0.2, 0.25) is 0 Å². The molecule has 1 N–H and O–H groups in total. The Balaban J connectivity index is 2.67. The second-order valence-electron chi connectivity index (χ2n) is 3.69. The molecule has 0 aromatic heterocycles. The van der Waals surface area contributed by atoms with Gasteiger partial charge in [0.1, 0.15) is 5.82 Å². The van der Waals surface area contributed by atoms with Crippen LogP contribution in [0.5, 0.6) is 5.75 Å². The lowest BCUT2D eigenvalue weighted by atomic mass is 10.2. The van der Waals surface area contributed by atoms with Gasteiger partial charge < -0.3 is 9.84 Å². The van der Waals surface area contributed by atoms with Gasteiger partial charge in [-0.15, -0.1) is 0 Å². The van der Waals surface area contributed by atoms with Crippen LogP contribution in [0.15, 0.2) is 16.6 Å². The van der Waals surface area contributed by atoms with Gasteiger partial charge in [0.2, 0.25) is 5.75 Å². The summed E-state index contributed by atoms with van der Waals surface area (Å²) in [5.74, 6) is -1.70. The van der Waals surface area contributed by atoms with Gasteiger partial charge in [-0.2, -0.15) is 0 Å². The van der Waals surface area contributed by atoms with Crippen LogP contribution in [-0.2, 0) is 4.79 Å². The lowest BCUT2D eigenvalue weighted by Gasteiger charge is -2.08. The summed E-state index contributed by atoms with van der Waals surface area (Å²) in [6.45, 7) is 0.123. The SMILES string of the molecule is O=C(O)CCCCOc1c(Br)cc(F)cc1[N+](=O)[O-]. The molecule has 1 aromatic rings. The number of unbranched alkanes of at least 4 members (excludes halogenated alkanes) is 1. The van der Waals surface area contributed by atoms with E-state index >= 15 is 0 Å². The van der Waals surface area contributed by atoms with Crippen molar-refractivity contribution >= 4 is 27.6 Å². The highest BCUT2D eigenvalue weighted by Crippen LogP contribution is 2.36. The van der Waals surface area contributed by atoms with E-state index in [1.54, 1.807) is 0 Å². The third-order valence-corrected chi connectivity index (χ3v) is 2.81. The molecular weight excluding hydrogens is 325 g/mol. The van der Waals surface area contributed by atoms with Crippen molar-refractivity contribution < 1.29 is 24.0 Å². The third-order valence-electron chi connectivity index (χ3n) is 2.22. The van der Waals surface area contributed by atoms with E-state index in [0.717, 1.165) is 12.1 Å². The van der Waals surface area contributed by atoms with Gasteiger partial charge in [-0.05, 0) is 34.8 Å². The second kappa shape index (κ2) is 7.03. The molecule has 0 aliphatic carbocycles. The molecule has 0 saturated carbocycles. The fourth-order valence-corrected chi connectivity index (χ4v) is 1.91. The number of nitro groups is 1. The largest absolute Gasteiger partial charge is 0.486 e. The number of rotatable bonds is 7. The van der Waals surface area contributed by atoms with Crippen molar-refractivity contribution in [2.75, 3.05) is 6.61 Å². The van der Waals surface area contributed by atoms with Crippen molar-refractivity contribution in [2.24, 2.45) is 0 Å². The van der Waals surface area contributed by atoms with Crippen molar-refractivity contribution in [1.82, 2.24) is 0 Å². The summed E-state index contributed by atoms with van der Waals surface area (Å²) in [7, 11) is 0. The first kappa shape index (κ1) is 15.4. The minimum absolute atomic E-state index is 0.00996. The lowest BCUT2D eigenvalue weighted by molar-refractivity contribution is -0.386. The normalized spacial score (nSPS) is 10.2. The molecule has 0 aliphatic heterocycles. The van der Waals surface area contributed by atoms with E-state index < -0.39 is 22.4 Å². The number of halogens is 2. The van der Waals surface area contributed by atoms with Gasteiger partial charge in [0.05, 0.1) is 22.1 Å². The predicted octanol–water partition coefficient (Wildman–Crippen LogP) is 3.13. The Kier molecular flexibility index (Phi) is 5.68. The average molecular weight is 336 g/mol. The molecule has 0 heterocycles. The summed E-state index contributed by atoms with van der Waals surface area (Å²) in [6, 6.07) is 1.84. The molecule has 19 heavy (non-hydrogen) atoms. The smallest absolute Gasteiger partial charge is 0.315 e. The van der Waals surface area contributed by atoms with E-state index in [4.69, 9.17) is 9.84 Å². The maximum Gasteiger partial charge on any atom is 0.315 e. The molecule has 0 spiro atoms. The first-order valence-electron chi connectivity index (χ1n) is 5.40. The third kappa shape index (κ3) is 4.82. The lowest BCUT2D eigenvalue weighted by Crippen LogP contribution is -2.03. The number of nitro benzene ring substituents is 1. The number of carboxylic acid groups (broad SMARTS) is 1. The maximum absolute atomic E-state index is 13.0. The highest BCUT2D eigenvalue weighted by molar-refractivity contribution is 9.10. The van der Waals surface area contributed by atoms with Gasteiger partial charge in [-0.25, -0.2) is 4.39 Å². The van der Waals surface area contributed by atoms with E-state index in [9.17, 15) is 19.3 Å². The number of aliphatic carboxylic acids is 1. The number of ether oxygens (including phenoxy) is 1. The van der Waals surface area contributed by atoms with Gasteiger partial charge in [0.15, 0.2) is 0 Å². The zero-order chi connectivity index (χ0) is 14.4.